The standard InChI is InChI=1S/C48H31NO2S3/c1-4-15-32(16-5-1)49(41-28-36(50-34-18-6-2-7-19-34)29-44-47(41)39-23-10-12-25-42(39)53-44)33-17-14-20-35(27-33)51-37-30-45(52-38-21-8-3-9-22-38)48-40-24-11-13-26-43(40)54-46(48)31-37/h1-31H. The molecular weight excluding hydrogens is 719 g/mol. The number of fused-ring (bicyclic) bond motifs is 6. The van der Waals surface area contributed by atoms with Gasteiger partial charge in [-0.2, -0.15) is 0 Å². The van der Waals surface area contributed by atoms with Crippen LogP contribution in [0.3, 0.4) is 0 Å². The van der Waals surface area contributed by atoms with Gasteiger partial charge in [-0.25, -0.2) is 0 Å². The molecule has 2 heterocycles. The number of nitrogens with zero attached hydrogens (tertiary/aromatic N) is 1. The van der Waals surface area contributed by atoms with Crippen molar-refractivity contribution >= 4 is 91.8 Å². The van der Waals surface area contributed by atoms with Gasteiger partial charge in [-0.1, -0.05) is 109 Å². The van der Waals surface area contributed by atoms with E-state index in [1.54, 1.807) is 34.4 Å². The molecule has 0 aliphatic carbocycles. The highest BCUT2D eigenvalue weighted by Crippen LogP contribution is 2.49. The van der Waals surface area contributed by atoms with Gasteiger partial charge in [0.1, 0.15) is 23.0 Å². The summed E-state index contributed by atoms with van der Waals surface area (Å²) >= 11 is 5.37. The lowest BCUT2D eigenvalue weighted by molar-refractivity contribution is 0.482. The Morgan fingerprint density at radius 2 is 0.926 bits per heavy atom. The van der Waals surface area contributed by atoms with Crippen LogP contribution in [0.4, 0.5) is 17.1 Å². The lowest BCUT2D eigenvalue weighted by atomic mass is 10.1. The molecule has 6 heteroatoms. The van der Waals surface area contributed by atoms with Crippen molar-refractivity contribution in [1.29, 1.82) is 0 Å². The van der Waals surface area contributed by atoms with Crippen LogP contribution in [0.2, 0.25) is 0 Å². The van der Waals surface area contributed by atoms with Crippen LogP contribution in [0.25, 0.3) is 40.3 Å². The summed E-state index contributed by atoms with van der Waals surface area (Å²) in [4.78, 5) is 4.69. The number of rotatable bonds is 9. The lowest BCUT2D eigenvalue weighted by Crippen LogP contribution is -2.10. The fourth-order valence-corrected chi connectivity index (χ4v) is 10.5. The number of anilines is 3. The number of hydrogen-bond acceptors (Lipinski definition) is 6. The molecule has 0 bridgehead atoms. The zero-order valence-corrected chi connectivity index (χ0v) is 31.3. The van der Waals surface area contributed by atoms with E-state index >= 15 is 0 Å². The zero-order chi connectivity index (χ0) is 35.8. The van der Waals surface area contributed by atoms with Crippen LogP contribution < -0.4 is 14.4 Å². The van der Waals surface area contributed by atoms with Crippen LogP contribution in [0.15, 0.2) is 198 Å². The second-order valence-electron chi connectivity index (χ2n) is 12.9. The Morgan fingerprint density at radius 3 is 1.65 bits per heavy atom. The van der Waals surface area contributed by atoms with Crippen molar-refractivity contribution in [1.82, 2.24) is 0 Å². The second kappa shape index (κ2) is 14.1. The van der Waals surface area contributed by atoms with E-state index < -0.39 is 0 Å². The third-order valence-electron chi connectivity index (χ3n) is 9.36. The van der Waals surface area contributed by atoms with Gasteiger partial charge in [0, 0.05) is 73.6 Å². The summed E-state index contributed by atoms with van der Waals surface area (Å²) in [5.41, 5.74) is 3.05. The van der Waals surface area contributed by atoms with Crippen LogP contribution >= 0.6 is 34.4 Å². The van der Waals surface area contributed by atoms with Crippen LogP contribution in [-0.4, -0.2) is 0 Å². The van der Waals surface area contributed by atoms with Gasteiger partial charge in [0.05, 0.1) is 5.69 Å². The van der Waals surface area contributed by atoms with E-state index in [1.165, 1.54) is 45.4 Å². The number of benzene rings is 8. The van der Waals surface area contributed by atoms with E-state index in [2.05, 4.69) is 157 Å². The van der Waals surface area contributed by atoms with Gasteiger partial charge in [-0.3, -0.25) is 0 Å². The molecule has 0 saturated heterocycles. The lowest BCUT2D eigenvalue weighted by Gasteiger charge is -2.27. The van der Waals surface area contributed by atoms with Gasteiger partial charge in [-0.15, -0.1) is 22.7 Å². The average molecular weight is 750 g/mol. The minimum absolute atomic E-state index is 0.757. The highest BCUT2D eigenvalue weighted by atomic mass is 32.2. The largest absolute Gasteiger partial charge is 0.457 e. The van der Waals surface area contributed by atoms with E-state index in [0.29, 0.717) is 0 Å². The molecule has 258 valence electrons. The molecule has 10 rings (SSSR count). The smallest absolute Gasteiger partial charge is 0.130 e. The predicted molar refractivity (Wildman–Crippen MR) is 230 cm³/mol. The van der Waals surface area contributed by atoms with E-state index in [1.807, 2.05) is 36.4 Å². The Bertz CT molecular complexity index is 2920. The molecule has 0 radical (unpaired) electrons. The van der Waals surface area contributed by atoms with Gasteiger partial charge in [0.15, 0.2) is 0 Å². The average Bonchev–Trinajstić information content (AvgIpc) is 3.78. The van der Waals surface area contributed by atoms with Crippen molar-refractivity contribution in [3.05, 3.63) is 188 Å². The minimum Gasteiger partial charge on any atom is -0.457 e. The maximum Gasteiger partial charge on any atom is 0.130 e. The molecule has 54 heavy (non-hydrogen) atoms. The highest BCUT2D eigenvalue weighted by molar-refractivity contribution is 7.99. The number of hydrogen-bond donors (Lipinski definition) is 0. The topological polar surface area (TPSA) is 21.7 Å². The fourth-order valence-electron chi connectivity index (χ4n) is 7.04. The van der Waals surface area contributed by atoms with E-state index in [-0.39, 0.29) is 0 Å². The molecule has 0 unspecified atom stereocenters. The van der Waals surface area contributed by atoms with Crippen LogP contribution in [0, 0.1) is 0 Å². The third-order valence-corrected chi connectivity index (χ3v) is 12.6. The van der Waals surface area contributed by atoms with Crippen molar-refractivity contribution in [2.24, 2.45) is 0 Å². The van der Waals surface area contributed by atoms with Gasteiger partial charge >= 0.3 is 0 Å². The van der Waals surface area contributed by atoms with Crippen molar-refractivity contribution < 1.29 is 9.47 Å². The molecule has 0 fully saturated rings. The fraction of sp³-hybridized carbons (Fsp3) is 0. The normalized spacial score (nSPS) is 11.4. The van der Waals surface area contributed by atoms with E-state index in [9.17, 15) is 0 Å². The molecule has 2 aromatic heterocycles. The van der Waals surface area contributed by atoms with Crippen molar-refractivity contribution in [3.8, 4) is 23.0 Å². The van der Waals surface area contributed by atoms with Crippen LogP contribution in [0.1, 0.15) is 0 Å². The maximum atomic E-state index is 6.81. The summed E-state index contributed by atoms with van der Waals surface area (Å²) in [7, 11) is 0. The molecule has 0 N–H and O–H groups in total. The molecule has 0 saturated carbocycles. The maximum absolute atomic E-state index is 6.81. The summed E-state index contributed by atoms with van der Waals surface area (Å²) in [6.45, 7) is 0. The van der Waals surface area contributed by atoms with Crippen LogP contribution in [0.5, 0.6) is 23.0 Å². The number of thiophene rings is 2. The number of ether oxygens (including phenoxy) is 2. The summed E-state index contributed by atoms with van der Waals surface area (Å²) in [5, 5.41) is 4.94. The summed E-state index contributed by atoms with van der Waals surface area (Å²) in [6, 6.07) is 65.5. The molecule has 0 atom stereocenters. The Morgan fingerprint density at radius 1 is 0.389 bits per heavy atom. The molecule has 0 spiro atoms. The summed E-state index contributed by atoms with van der Waals surface area (Å²) in [5.74, 6) is 3.14. The Balaban J connectivity index is 1.11. The number of para-hydroxylation sites is 2. The Kier molecular flexibility index (Phi) is 8.49. The van der Waals surface area contributed by atoms with Gasteiger partial charge in [0.2, 0.25) is 0 Å². The van der Waals surface area contributed by atoms with Crippen molar-refractivity contribution in [2.45, 2.75) is 9.79 Å². The van der Waals surface area contributed by atoms with Gasteiger partial charge in [-0.05, 0) is 78.9 Å². The summed E-state index contributed by atoms with van der Waals surface area (Å²) < 4.78 is 18.2. The van der Waals surface area contributed by atoms with Gasteiger partial charge < -0.3 is 14.4 Å². The molecule has 8 aromatic carbocycles. The minimum atomic E-state index is 0.757. The predicted octanol–water partition coefficient (Wildman–Crippen LogP) is 15.6. The highest BCUT2D eigenvalue weighted by Gasteiger charge is 2.21. The van der Waals surface area contributed by atoms with E-state index in [0.717, 1.165) is 44.8 Å². The van der Waals surface area contributed by atoms with Crippen molar-refractivity contribution in [3.63, 3.8) is 0 Å². The molecule has 10 aromatic rings. The molecule has 3 nitrogen and oxygen atoms in total. The quantitative estimate of drug-likeness (QED) is 0.146. The van der Waals surface area contributed by atoms with Crippen molar-refractivity contribution in [2.75, 3.05) is 4.90 Å². The molecule has 0 aliphatic heterocycles. The molecule has 0 aliphatic rings. The Labute approximate surface area is 325 Å². The SMILES string of the molecule is c1ccc(Oc2cc(N(c3ccccc3)c3cccc(Oc4cc(Sc5ccccc5)c5c(c4)sc4ccccc45)c3)c3c(c2)sc2ccccc23)cc1. The first-order chi connectivity index (χ1) is 26.7. The van der Waals surface area contributed by atoms with Crippen LogP contribution in [-0.2, 0) is 0 Å². The zero-order valence-electron chi connectivity index (χ0n) is 28.9. The first-order valence-electron chi connectivity index (χ1n) is 17.7. The second-order valence-corrected chi connectivity index (χ2v) is 16.2. The third kappa shape index (κ3) is 6.24. The van der Waals surface area contributed by atoms with E-state index in [4.69, 9.17) is 9.47 Å². The molecular formula is C48H31NO2S3. The first kappa shape index (κ1) is 32.6. The summed E-state index contributed by atoms with van der Waals surface area (Å²) in [6.07, 6.45) is 0. The van der Waals surface area contributed by atoms with Gasteiger partial charge in [0.25, 0.3) is 0 Å². The monoisotopic (exact) mass is 749 g/mol. The Hall–Kier alpha value is -6.05. The first-order valence-corrected chi connectivity index (χ1v) is 20.2. The molecule has 0 amide bonds.